The van der Waals surface area contributed by atoms with Crippen molar-refractivity contribution >= 4 is 5.78 Å². The van der Waals surface area contributed by atoms with E-state index in [1.807, 2.05) is 0 Å². The molecule has 2 N–H and O–H groups in total. The first-order chi connectivity index (χ1) is 10.3. The van der Waals surface area contributed by atoms with Crippen LogP contribution in [0.15, 0.2) is 48.6 Å². The average Bonchev–Trinajstić information content (AvgIpc) is 2.47. The Morgan fingerprint density at radius 2 is 1.82 bits per heavy atom. The number of ether oxygens (including phenoxy) is 1. The molecule has 0 spiro atoms. The molecular weight excluding hydrogens is 280 g/mol. The third-order valence-corrected chi connectivity index (χ3v) is 4.05. The fourth-order valence-electron chi connectivity index (χ4n) is 2.94. The van der Waals surface area contributed by atoms with Crippen LogP contribution in [0.3, 0.4) is 0 Å². The second kappa shape index (κ2) is 6.07. The van der Waals surface area contributed by atoms with Crippen LogP contribution in [-0.2, 0) is 10.2 Å². The molecule has 0 radical (unpaired) electrons. The summed E-state index contributed by atoms with van der Waals surface area (Å²) >= 11 is 0. The van der Waals surface area contributed by atoms with E-state index in [9.17, 15) is 15.0 Å². The fourth-order valence-corrected chi connectivity index (χ4v) is 2.94. The molecule has 22 heavy (non-hydrogen) atoms. The number of allylic oxidation sites excluding steroid dienone is 2. The number of Topliss-reactive ketones (excluding diaryl/α,β-unsaturated/α-hetero) is 1. The number of carbonyl (C=O) groups excluding carboxylic acids is 1. The molecule has 0 saturated heterocycles. The summed E-state index contributed by atoms with van der Waals surface area (Å²) in [7, 11) is 0. The Morgan fingerprint density at radius 1 is 1.23 bits per heavy atom. The highest BCUT2D eigenvalue weighted by Crippen LogP contribution is 2.42. The van der Waals surface area contributed by atoms with E-state index < -0.39 is 17.3 Å². The van der Waals surface area contributed by atoms with Crippen molar-refractivity contribution < 1.29 is 19.7 Å². The van der Waals surface area contributed by atoms with Gasteiger partial charge in [0.1, 0.15) is 22.5 Å². The molecular formula is C18H22O4. The van der Waals surface area contributed by atoms with Crippen LogP contribution in [0.25, 0.3) is 0 Å². The minimum Gasteiger partial charge on any atom is -0.465 e. The zero-order valence-corrected chi connectivity index (χ0v) is 13.1. The Balaban J connectivity index is 2.50. The van der Waals surface area contributed by atoms with E-state index in [1.54, 1.807) is 62.4 Å². The van der Waals surface area contributed by atoms with Gasteiger partial charge in [0.05, 0.1) is 0 Å². The predicted octanol–water partition coefficient (Wildman–Crippen LogP) is 2.50. The van der Waals surface area contributed by atoms with Crippen LogP contribution >= 0.6 is 0 Å². The summed E-state index contributed by atoms with van der Waals surface area (Å²) in [6, 6.07) is 6.89. The summed E-state index contributed by atoms with van der Waals surface area (Å²) in [6.45, 7) is 4.95. The number of benzene rings is 1. The minimum atomic E-state index is -1.30. The largest absolute Gasteiger partial charge is 0.465 e. The molecule has 0 fully saturated rings. The van der Waals surface area contributed by atoms with Crippen molar-refractivity contribution in [2.45, 2.75) is 44.5 Å². The monoisotopic (exact) mass is 302 g/mol. The lowest BCUT2D eigenvalue weighted by Crippen LogP contribution is -2.53. The standard InChI is InChI=1S/C18H22O4/c1-4-16(20)18(12-6-5-11-17(18,3)21)14-7-9-15(10-8-14)22-13(2)19/h5-13,19,21H,4H2,1-3H3. The van der Waals surface area contributed by atoms with Gasteiger partial charge >= 0.3 is 0 Å². The normalized spacial score (nSPS) is 28.4. The lowest BCUT2D eigenvalue weighted by Gasteiger charge is -2.42. The molecule has 1 aliphatic rings. The van der Waals surface area contributed by atoms with E-state index in [2.05, 4.69) is 0 Å². The number of aliphatic hydroxyl groups excluding tert-OH is 1. The Kier molecular flexibility index (Phi) is 4.54. The summed E-state index contributed by atoms with van der Waals surface area (Å²) in [5.74, 6) is 0.454. The van der Waals surface area contributed by atoms with E-state index in [4.69, 9.17) is 4.74 Å². The van der Waals surface area contributed by atoms with Crippen LogP contribution in [0.1, 0.15) is 32.8 Å². The summed E-state index contributed by atoms with van der Waals surface area (Å²) in [6.07, 6.45) is 6.33. The second-order valence-corrected chi connectivity index (χ2v) is 5.69. The molecule has 0 bridgehead atoms. The quantitative estimate of drug-likeness (QED) is 0.820. The van der Waals surface area contributed by atoms with Gasteiger partial charge in [-0.05, 0) is 31.5 Å². The summed E-state index contributed by atoms with van der Waals surface area (Å²) in [5.41, 5.74) is -1.72. The van der Waals surface area contributed by atoms with Gasteiger partial charge < -0.3 is 14.9 Å². The molecule has 4 heteroatoms. The van der Waals surface area contributed by atoms with E-state index >= 15 is 0 Å². The molecule has 3 unspecified atom stereocenters. The van der Waals surface area contributed by atoms with E-state index in [-0.39, 0.29) is 5.78 Å². The van der Waals surface area contributed by atoms with E-state index in [0.717, 1.165) is 0 Å². The molecule has 1 aromatic carbocycles. The zero-order valence-electron chi connectivity index (χ0n) is 13.1. The van der Waals surface area contributed by atoms with Crippen LogP contribution in [-0.4, -0.2) is 27.9 Å². The maximum absolute atomic E-state index is 12.7. The summed E-state index contributed by atoms with van der Waals surface area (Å²) in [4.78, 5) is 12.7. The average molecular weight is 302 g/mol. The van der Waals surface area contributed by atoms with Crippen LogP contribution < -0.4 is 4.74 Å². The number of rotatable bonds is 5. The van der Waals surface area contributed by atoms with Crippen LogP contribution in [0.5, 0.6) is 5.75 Å². The number of aliphatic hydroxyl groups is 2. The van der Waals surface area contributed by atoms with Crippen molar-refractivity contribution in [1.82, 2.24) is 0 Å². The molecule has 1 aliphatic carbocycles. The van der Waals surface area contributed by atoms with Gasteiger partial charge in [0.15, 0.2) is 6.29 Å². The molecule has 0 aromatic heterocycles. The minimum absolute atomic E-state index is 0.0534. The van der Waals surface area contributed by atoms with Gasteiger partial charge in [-0.15, -0.1) is 0 Å². The van der Waals surface area contributed by atoms with Gasteiger partial charge in [0.2, 0.25) is 0 Å². The van der Waals surface area contributed by atoms with Crippen molar-refractivity contribution in [2.24, 2.45) is 0 Å². The number of hydrogen-bond acceptors (Lipinski definition) is 4. The lowest BCUT2D eigenvalue weighted by molar-refractivity contribution is -0.128. The van der Waals surface area contributed by atoms with Crippen molar-refractivity contribution in [2.75, 3.05) is 0 Å². The maximum Gasteiger partial charge on any atom is 0.194 e. The van der Waals surface area contributed by atoms with Crippen LogP contribution in [0.4, 0.5) is 0 Å². The Morgan fingerprint density at radius 3 is 2.32 bits per heavy atom. The van der Waals surface area contributed by atoms with Gasteiger partial charge in [-0.2, -0.15) is 0 Å². The van der Waals surface area contributed by atoms with Gasteiger partial charge in [-0.3, -0.25) is 4.79 Å². The van der Waals surface area contributed by atoms with Crippen molar-refractivity contribution in [3.8, 4) is 5.75 Å². The maximum atomic E-state index is 12.7. The summed E-state index contributed by atoms with van der Waals surface area (Å²) < 4.78 is 5.20. The van der Waals surface area contributed by atoms with Crippen LogP contribution in [0.2, 0.25) is 0 Å². The fraction of sp³-hybridized carbons (Fsp3) is 0.389. The summed E-state index contributed by atoms with van der Waals surface area (Å²) in [5, 5.41) is 20.1. The van der Waals surface area contributed by atoms with Crippen molar-refractivity contribution in [3.63, 3.8) is 0 Å². The molecule has 3 atom stereocenters. The Labute approximate surface area is 130 Å². The Bertz CT molecular complexity index is 596. The highest BCUT2D eigenvalue weighted by molar-refractivity contribution is 5.94. The molecule has 0 amide bonds. The van der Waals surface area contributed by atoms with Gasteiger partial charge in [0, 0.05) is 6.42 Å². The second-order valence-electron chi connectivity index (χ2n) is 5.69. The molecule has 0 saturated carbocycles. The topological polar surface area (TPSA) is 66.8 Å². The molecule has 0 aliphatic heterocycles. The molecule has 2 rings (SSSR count). The smallest absolute Gasteiger partial charge is 0.194 e. The highest BCUT2D eigenvalue weighted by atomic mass is 16.6. The molecule has 0 heterocycles. The van der Waals surface area contributed by atoms with Gasteiger partial charge in [0.25, 0.3) is 0 Å². The number of carbonyl (C=O) groups is 1. The van der Waals surface area contributed by atoms with Crippen LogP contribution in [0, 0.1) is 0 Å². The Hall–Kier alpha value is -1.91. The molecule has 1 aromatic rings. The predicted molar refractivity (Wildman–Crippen MR) is 84.6 cm³/mol. The highest BCUT2D eigenvalue weighted by Gasteiger charge is 2.50. The lowest BCUT2D eigenvalue weighted by atomic mass is 9.63. The van der Waals surface area contributed by atoms with Crippen molar-refractivity contribution in [3.05, 3.63) is 54.1 Å². The number of hydrogen-bond donors (Lipinski definition) is 2. The first-order valence-electron chi connectivity index (χ1n) is 7.41. The van der Waals surface area contributed by atoms with Crippen molar-refractivity contribution in [1.29, 1.82) is 0 Å². The third-order valence-electron chi connectivity index (χ3n) is 4.05. The van der Waals surface area contributed by atoms with Gasteiger partial charge in [-0.25, -0.2) is 0 Å². The van der Waals surface area contributed by atoms with E-state index in [0.29, 0.717) is 17.7 Å². The first kappa shape index (κ1) is 16.5. The molecule has 118 valence electrons. The van der Waals surface area contributed by atoms with Gasteiger partial charge in [-0.1, -0.05) is 43.4 Å². The zero-order chi connectivity index (χ0) is 16.4. The molecule has 4 nitrogen and oxygen atoms in total. The first-order valence-corrected chi connectivity index (χ1v) is 7.41. The van der Waals surface area contributed by atoms with E-state index in [1.165, 1.54) is 6.92 Å². The number of ketones is 1. The SMILES string of the molecule is CCC(=O)C1(c2ccc(OC(C)O)cc2)C=CC=CC1(C)O. The third kappa shape index (κ3) is 2.72.